The van der Waals surface area contributed by atoms with Crippen LogP contribution in [0.2, 0.25) is 0 Å². The Bertz CT molecular complexity index is 816. The number of piperidine rings is 1. The van der Waals surface area contributed by atoms with E-state index in [0.717, 1.165) is 0 Å². The summed E-state index contributed by atoms with van der Waals surface area (Å²) in [6.07, 6.45) is 2.41. The Morgan fingerprint density at radius 1 is 1.45 bits per heavy atom. The fourth-order valence-electron chi connectivity index (χ4n) is 3.12. The maximum absolute atomic E-state index is 14.2. The predicted molar refractivity (Wildman–Crippen MR) is 110 cm³/mol. The van der Waals surface area contributed by atoms with E-state index in [2.05, 4.69) is 11.9 Å². The molecule has 1 unspecified atom stereocenters. The Labute approximate surface area is 174 Å². The maximum Gasteiger partial charge on any atom is 0.414 e. The summed E-state index contributed by atoms with van der Waals surface area (Å²) in [7, 11) is 0. The molecule has 156 valence electrons. The summed E-state index contributed by atoms with van der Waals surface area (Å²) in [6.45, 7) is 7.84. The van der Waals surface area contributed by atoms with E-state index in [0.29, 0.717) is 42.3 Å². The number of allylic oxidation sites excluding steroid dienone is 5. The topological polar surface area (TPSA) is 68.6 Å². The molecule has 0 bridgehead atoms. The van der Waals surface area contributed by atoms with Crippen molar-refractivity contribution < 1.29 is 18.3 Å². The Hall–Kier alpha value is -2.73. The Kier molecular flexibility index (Phi) is 7.91. The van der Waals surface area contributed by atoms with Gasteiger partial charge in [0.15, 0.2) is 0 Å². The van der Waals surface area contributed by atoms with Crippen LogP contribution in [-0.2, 0) is 4.74 Å². The first-order chi connectivity index (χ1) is 13.7. The Balaban J connectivity index is 2.09. The lowest BCUT2D eigenvalue weighted by molar-refractivity contribution is 0.136. The summed E-state index contributed by atoms with van der Waals surface area (Å²) in [5, 5.41) is 11.7. The zero-order valence-corrected chi connectivity index (χ0v) is 17.3. The van der Waals surface area contributed by atoms with Crippen molar-refractivity contribution in [2.24, 2.45) is 0 Å². The molecule has 9 heteroatoms. The van der Waals surface area contributed by atoms with Crippen molar-refractivity contribution in [2.45, 2.75) is 32.5 Å². The van der Waals surface area contributed by atoms with Crippen LogP contribution in [0.3, 0.4) is 0 Å². The minimum absolute atomic E-state index is 0.0639. The van der Waals surface area contributed by atoms with Gasteiger partial charge in [0.1, 0.15) is 18.1 Å². The highest BCUT2D eigenvalue weighted by Crippen LogP contribution is 2.26. The minimum Gasteiger partial charge on any atom is -0.442 e. The van der Waals surface area contributed by atoms with Crippen LogP contribution in [0, 0.1) is 11.3 Å². The normalized spacial score (nSPS) is 24.4. The zero-order valence-electron chi connectivity index (χ0n) is 16.5. The standard InChI is InChI=1S/C20H24F2N4O2S/c1-13(26-11-17(28-20(26)27)10-24-15(3)29)4-5-19(14(2)21)25-9-7-16(6-8-23)18(22)12-25/h4-6,17-18H,2,7,9-12H2,1,3H3,(H,24,29)/b13-4+,16-6+,19-5+/t17-,18?/m0/s1. The fourth-order valence-corrected chi connectivity index (χ4v) is 3.20. The number of likely N-dealkylation sites (tertiary alicyclic amines) is 1. The van der Waals surface area contributed by atoms with E-state index in [1.165, 1.54) is 17.1 Å². The number of cyclic esters (lactones) is 1. The molecule has 0 aliphatic carbocycles. The number of nitriles is 1. The van der Waals surface area contributed by atoms with E-state index in [1.807, 2.05) is 6.07 Å². The molecule has 0 aromatic rings. The second-order valence-corrected chi connectivity index (χ2v) is 7.44. The molecular formula is C20H24F2N4O2S. The third-order valence-electron chi connectivity index (χ3n) is 4.68. The van der Waals surface area contributed by atoms with Gasteiger partial charge in [-0.25, -0.2) is 13.6 Å². The van der Waals surface area contributed by atoms with Gasteiger partial charge in [-0.05, 0) is 38.0 Å². The maximum atomic E-state index is 14.2. The van der Waals surface area contributed by atoms with Crippen molar-refractivity contribution in [2.75, 3.05) is 26.2 Å². The number of amides is 1. The highest BCUT2D eigenvalue weighted by Gasteiger charge is 2.32. The molecule has 2 saturated heterocycles. The van der Waals surface area contributed by atoms with Gasteiger partial charge in [0, 0.05) is 18.3 Å². The number of carbonyl (C=O) groups is 1. The summed E-state index contributed by atoms with van der Waals surface area (Å²) < 4.78 is 33.5. The summed E-state index contributed by atoms with van der Waals surface area (Å²) in [6, 6.07) is 1.83. The van der Waals surface area contributed by atoms with Gasteiger partial charge in [-0.3, -0.25) is 4.90 Å². The number of carbonyl (C=O) groups excluding carboxylic acids is 1. The molecular weight excluding hydrogens is 398 g/mol. The van der Waals surface area contributed by atoms with Crippen LogP contribution in [0.25, 0.3) is 0 Å². The largest absolute Gasteiger partial charge is 0.442 e. The van der Waals surface area contributed by atoms with E-state index in [-0.39, 0.29) is 18.3 Å². The molecule has 1 amide bonds. The first-order valence-corrected chi connectivity index (χ1v) is 9.57. The average molecular weight is 423 g/mol. The summed E-state index contributed by atoms with van der Waals surface area (Å²) >= 11 is 4.95. The zero-order chi connectivity index (χ0) is 21.6. The molecule has 0 spiro atoms. The van der Waals surface area contributed by atoms with E-state index in [9.17, 15) is 13.6 Å². The number of ether oxygens (including phenoxy) is 1. The molecule has 2 aliphatic heterocycles. The number of nitrogens with one attached hydrogen (secondary N) is 1. The van der Waals surface area contributed by atoms with Gasteiger partial charge in [-0.15, -0.1) is 0 Å². The van der Waals surface area contributed by atoms with Gasteiger partial charge in [-0.2, -0.15) is 5.26 Å². The van der Waals surface area contributed by atoms with Gasteiger partial charge in [-0.1, -0.05) is 18.8 Å². The number of hydrogen-bond acceptors (Lipinski definition) is 5. The molecule has 2 aliphatic rings. The molecule has 2 rings (SSSR count). The molecule has 0 radical (unpaired) electrons. The molecule has 0 aromatic heterocycles. The molecule has 0 saturated carbocycles. The summed E-state index contributed by atoms with van der Waals surface area (Å²) in [5.41, 5.74) is 1.12. The van der Waals surface area contributed by atoms with Crippen molar-refractivity contribution in [1.29, 1.82) is 5.26 Å². The molecule has 2 fully saturated rings. The smallest absolute Gasteiger partial charge is 0.414 e. The lowest BCUT2D eigenvalue weighted by atomic mass is 10.0. The van der Waals surface area contributed by atoms with Gasteiger partial charge in [0.05, 0.1) is 36.4 Å². The minimum atomic E-state index is -1.34. The molecule has 29 heavy (non-hydrogen) atoms. The van der Waals surface area contributed by atoms with Crippen LogP contribution in [0.1, 0.15) is 20.3 Å². The number of hydrogen-bond donors (Lipinski definition) is 1. The van der Waals surface area contributed by atoms with E-state index >= 15 is 0 Å². The lowest BCUT2D eigenvalue weighted by Gasteiger charge is -2.33. The number of halogens is 2. The van der Waals surface area contributed by atoms with Crippen LogP contribution in [0.5, 0.6) is 0 Å². The van der Waals surface area contributed by atoms with Gasteiger partial charge >= 0.3 is 6.09 Å². The molecule has 6 nitrogen and oxygen atoms in total. The van der Waals surface area contributed by atoms with E-state index < -0.39 is 18.1 Å². The molecule has 1 N–H and O–H groups in total. The van der Waals surface area contributed by atoms with Crippen LogP contribution < -0.4 is 5.32 Å². The fraction of sp³-hybridized carbons (Fsp3) is 0.450. The summed E-state index contributed by atoms with van der Waals surface area (Å²) in [4.78, 5) is 15.7. The summed E-state index contributed by atoms with van der Waals surface area (Å²) in [5.74, 6) is -0.698. The van der Waals surface area contributed by atoms with Crippen LogP contribution >= 0.6 is 12.2 Å². The predicted octanol–water partition coefficient (Wildman–Crippen LogP) is 3.51. The van der Waals surface area contributed by atoms with Gasteiger partial charge in [0.25, 0.3) is 0 Å². The number of rotatable bonds is 6. The van der Waals surface area contributed by atoms with Crippen LogP contribution in [0.15, 0.2) is 47.6 Å². The second-order valence-electron chi connectivity index (χ2n) is 6.83. The Morgan fingerprint density at radius 2 is 2.17 bits per heavy atom. The van der Waals surface area contributed by atoms with Crippen LogP contribution in [0.4, 0.5) is 13.6 Å². The SMILES string of the molecule is C=C(F)/C(=C\C=C(/C)N1C[C@H](CNC(C)=S)OC1=O)N1CC/C(=C\C#N)C(F)C1. The quantitative estimate of drug-likeness (QED) is 0.401. The van der Waals surface area contributed by atoms with Crippen molar-refractivity contribution >= 4 is 23.3 Å². The van der Waals surface area contributed by atoms with Crippen LogP contribution in [-0.4, -0.2) is 59.3 Å². The first-order valence-electron chi connectivity index (χ1n) is 9.16. The number of alkyl halides is 1. The molecule has 2 heterocycles. The average Bonchev–Trinajstić information content (AvgIpc) is 3.03. The highest BCUT2D eigenvalue weighted by molar-refractivity contribution is 7.80. The lowest BCUT2D eigenvalue weighted by Crippen LogP contribution is -2.37. The van der Waals surface area contributed by atoms with Gasteiger partial charge < -0.3 is 15.0 Å². The monoisotopic (exact) mass is 422 g/mol. The third-order valence-corrected chi connectivity index (χ3v) is 4.83. The second kappa shape index (κ2) is 10.2. The van der Waals surface area contributed by atoms with Crippen molar-refractivity contribution in [1.82, 2.24) is 15.1 Å². The van der Waals surface area contributed by atoms with Crippen molar-refractivity contribution in [3.8, 4) is 6.07 Å². The molecule has 0 aromatic carbocycles. The Morgan fingerprint density at radius 3 is 2.76 bits per heavy atom. The van der Waals surface area contributed by atoms with E-state index in [1.54, 1.807) is 24.8 Å². The van der Waals surface area contributed by atoms with Crippen molar-refractivity contribution in [3.05, 3.63) is 47.6 Å². The third kappa shape index (κ3) is 6.12. The number of thiocarbonyl (C=S) groups is 1. The molecule has 2 atom stereocenters. The van der Waals surface area contributed by atoms with Gasteiger partial charge in [0.2, 0.25) is 0 Å². The highest BCUT2D eigenvalue weighted by atomic mass is 32.1. The van der Waals surface area contributed by atoms with E-state index in [4.69, 9.17) is 22.2 Å². The van der Waals surface area contributed by atoms with Crippen molar-refractivity contribution in [3.63, 3.8) is 0 Å². The number of nitrogens with zero attached hydrogens (tertiary/aromatic N) is 3. The first kappa shape index (κ1) is 22.6.